The Morgan fingerprint density at radius 1 is 1.26 bits per heavy atom. The summed E-state index contributed by atoms with van der Waals surface area (Å²) in [5, 5.41) is 4.61. The van der Waals surface area contributed by atoms with Gasteiger partial charge in [0, 0.05) is 38.8 Å². The number of nitrogens with zero attached hydrogens (tertiary/aromatic N) is 4. The highest BCUT2D eigenvalue weighted by molar-refractivity contribution is 5.85. The molecule has 0 aromatic carbocycles. The van der Waals surface area contributed by atoms with Gasteiger partial charge in [-0.3, -0.25) is 19.1 Å². The zero-order valence-electron chi connectivity index (χ0n) is 19.9. The number of hydrogen-bond donors (Lipinski definition) is 0. The fourth-order valence-electron chi connectivity index (χ4n) is 4.09. The molecule has 0 aliphatic carbocycles. The Kier molecular flexibility index (Phi) is 9.07. The van der Waals surface area contributed by atoms with E-state index in [-0.39, 0.29) is 30.2 Å². The Hall–Kier alpha value is -2.38. The molecule has 1 atom stereocenters. The first kappa shape index (κ1) is 24.9. The van der Waals surface area contributed by atoms with E-state index in [1.165, 1.54) is 4.90 Å². The van der Waals surface area contributed by atoms with Crippen LogP contribution in [0.5, 0.6) is 0 Å². The summed E-state index contributed by atoms with van der Waals surface area (Å²) in [6, 6.07) is 0. The lowest BCUT2D eigenvalue weighted by molar-refractivity contribution is -0.152. The third-order valence-corrected chi connectivity index (χ3v) is 5.85. The quantitative estimate of drug-likeness (QED) is 0.557. The Labute approximate surface area is 185 Å². The number of amides is 2. The van der Waals surface area contributed by atoms with Gasteiger partial charge in [0.1, 0.15) is 0 Å². The van der Waals surface area contributed by atoms with Gasteiger partial charge < -0.3 is 14.5 Å². The summed E-state index contributed by atoms with van der Waals surface area (Å²) in [5.74, 6) is -0.201. The summed E-state index contributed by atoms with van der Waals surface area (Å²) in [5.41, 5.74) is 3.18. The van der Waals surface area contributed by atoms with Gasteiger partial charge in [-0.05, 0) is 51.5 Å². The van der Waals surface area contributed by atoms with E-state index in [9.17, 15) is 14.4 Å². The van der Waals surface area contributed by atoms with E-state index in [0.717, 1.165) is 36.3 Å². The number of hydrogen-bond acceptors (Lipinski definition) is 5. The SMILES string of the molecule is CCOC(=O)C1CCCN(C(=O)CN(C)C(=O)CCc2c(C)nn(CC(C)C)c2C)C1. The molecular formula is C23H38N4O4. The molecule has 1 aliphatic rings. The van der Waals surface area contributed by atoms with Crippen molar-refractivity contribution in [2.24, 2.45) is 11.8 Å². The number of esters is 1. The molecule has 1 aromatic heterocycles. The minimum Gasteiger partial charge on any atom is -0.466 e. The summed E-state index contributed by atoms with van der Waals surface area (Å²) in [7, 11) is 1.66. The number of aryl methyl sites for hydroxylation is 1. The first-order valence-electron chi connectivity index (χ1n) is 11.3. The summed E-state index contributed by atoms with van der Waals surface area (Å²) in [6.07, 6.45) is 2.46. The lowest BCUT2D eigenvalue weighted by Crippen LogP contribution is -2.47. The smallest absolute Gasteiger partial charge is 0.310 e. The molecule has 0 bridgehead atoms. The number of likely N-dealkylation sites (tertiary alicyclic amines) is 1. The van der Waals surface area contributed by atoms with Crippen molar-refractivity contribution in [1.82, 2.24) is 19.6 Å². The van der Waals surface area contributed by atoms with E-state index in [2.05, 4.69) is 18.9 Å². The number of likely N-dealkylation sites (N-methyl/N-ethyl adjacent to an activating group) is 1. The fraction of sp³-hybridized carbons (Fsp3) is 0.739. The average molecular weight is 435 g/mol. The van der Waals surface area contributed by atoms with Crippen molar-refractivity contribution in [3.8, 4) is 0 Å². The van der Waals surface area contributed by atoms with Crippen LogP contribution in [0.15, 0.2) is 0 Å². The molecule has 8 nitrogen and oxygen atoms in total. The van der Waals surface area contributed by atoms with Gasteiger partial charge in [0.2, 0.25) is 11.8 Å². The van der Waals surface area contributed by atoms with Gasteiger partial charge in [-0.25, -0.2) is 0 Å². The maximum absolute atomic E-state index is 12.7. The van der Waals surface area contributed by atoms with Gasteiger partial charge in [-0.2, -0.15) is 5.10 Å². The van der Waals surface area contributed by atoms with Crippen molar-refractivity contribution >= 4 is 17.8 Å². The summed E-state index contributed by atoms with van der Waals surface area (Å²) < 4.78 is 7.11. The molecule has 8 heteroatoms. The van der Waals surface area contributed by atoms with Crippen LogP contribution in [-0.2, 0) is 32.1 Å². The number of carbonyl (C=O) groups excluding carboxylic acids is 3. The van der Waals surface area contributed by atoms with E-state index in [1.54, 1.807) is 18.9 Å². The van der Waals surface area contributed by atoms with Crippen LogP contribution >= 0.6 is 0 Å². The maximum atomic E-state index is 12.7. The first-order valence-corrected chi connectivity index (χ1v) is 11.3. The minimum absolute atomic E-state index is 0.0267. The topological polar surface area (TPSA) is 84.7 Å². The van der Waals surface area contributed by atoms with Gasteiger partial charge in [-0.15, -0.1) is 0 Å². The van der Waals surface area contributed by atoms with E-state index in [0.29, 0.717) is 38.5 Å². The predicted molar refractivity (Wildman–Crippen MR) is 118 cm³/mol. The van der Waals surface area contributed by atoms with Gasteiger partial charge in [0.05, 0.1) is 24.8 Å². The molecule has 0 N–H and O–H groups in total. The Morgan fingerprint density at radius 3 is 2.61 bits per heavy atom. The van der Waals surface area contributed by atoms with Crippen LogP contribution in [0.1, 0.15) is 57.0 Å². The Bertz CT molecular complexity index is 787. The van der Waals surface area contributed by atoms with Gasteiger partial charge in [0.25, 0.3) is 0 Å². The molecule has 2 amide bonds. The summed E-state index contributed by atoms with van der Waals surface area (Å²) in [4.78, 5) is 40.5. The van der Waals surface area contributed by atoms with Crippen LogP contribution in [0, 0.1) is 25.7 Å². The van der Waals surface area contributed by atoms with Crippen LogP contribution in [0.25, 0.3) is 0 Å². The largest absolute Gasteiger partial charge is 0.466 e. The van der Waals surface area contributed by atoms with Crippen molar-refractivity contribution in [3.63, 3.8) is 0 Å². The zero-order chi connectivity index (χ0) is 23.1. The number of piperidine rings is 1. The molecule has 1 aliphatic heterocycles. The number of aromatic nitrogens is 2. The highest BCUT2D eigenvalue weighted by atomic mass is 16.5. The molecule has 2 heterocycles. The van der Waals surface area contributed by atoms with Crippen molar-refractivity contribution in [3.05, 3.63) is 17.0 Å². The first-order chi connectivity index (χ1) is 14.6. The van der Waals surface area contributed by atoms with Crippen LogP contribution in [-0.4, -0.2) is 70.7 Å². The normalized spacial score (nSPS) is 16.5. The molecule has 1 unspecified atom stereocenters. The molecular weight excluding hydrogens is 396 g/mol. The fourth-order valence-corrected chi connectivity index (χ4v) is 4.09. The molecule has 2 rings (SSSR count). The maximum Gasteiger partial charge on any atom is 0.310 e. The summed E-state index contributed by atoms with van der Waals surface area (Å²) in [6.45, 7) is 12.3. The minimum atomic E-state index is -0.271. The van der Waals surface area contributed by atoms with Gasteiger partial charge in [0.15, 0.2) is 0 Å². The molecule has 1 fully saturated rings. The van der Waals surface area contributed by atoms with Gasteiger partial charge >= 0.3 is 5.97 Å². The Balaban J connectivity index is 1.87. The Morgan fingerprint density at radius 2 is 1.97 bits per heavy atom. The monoisotopic (exact) mass is 434 g/mol. The number of ether oxygens (including phenoxy) is 1. The molecule has 0 radical (unpaired) electrons. The third kappa shape index (κ3) is 6.80. The van der Waals surface area contributed by atoms with Crippen LogP contribution < -0.4 is 0 Å². The zero-order valence-corrected chi connectivity index (χ0v) is 19.9. The molecule has 0 saturated carbocycles. The number of rotatable bonds is 9. The molecule has 0 spiro atoms. The van der Waals surface area contributed by atoms with Crippen LogP contribution in [0.4, 0.5) is 0 Å². The lowest BCUT2D eigenvalue weighted by atomic mass is 9.98. The van der Waals surface area contributed by atoms with Crippen molar-refractivity contribution in [1.29, 1.82) is 0 Å². The van der Waals surface area contributed by atoms with Crippen molar-refractivity contribution in [2.45, 2.75) is 66.8 Å². The molecule has 1 aromatic rings. The number of carbonyl (C=O) groups is 3. The van der Waals surface area contributed by atoms with Crippen molar-refractivity contribution in [2.75, 3.05) is 33.3 Å². The van der Waals surface area contributed by atoms with Gasteiger partial charge in [-0.1, -0.05) is 13.8 Å². The third-order valence-electron chi connectivity index (χ3n) is 5.85. The molecule has 174 valence electrons. The summed E-state index contributed by atoms with van der Waals surface area (Å²) >= 11 is 0. The predicted octanol–water partition coefficient (Wildman–Crippen LogP) is 2.35. The van der Waals surface area contributed by atoms with Crippen molar-refractivity contribution < 1.29 is 19.1 Å². The van der Waals surface area contributed by atoms with Crippen LogP contribution in [0.3, 0.4) is 0 Å². The van der Waals surface area contributed by atoms with E-state index < -0.39 is 0 Å². The second kappa shape index (κ2) is 11.3. The second-order valence-corrected chi connectivity index (χ2v) is 8.91. The molecule has 31 heavy (non-hydrogen) atoms. The lowest BCUT2D eigenvalue weighted by Gasteiger charge is -2.32. The highest BCUT2D eigenvalue weighted by Gasteiger charge is 2.30. The van der Waals surface area contributed by atoms with E-state index >= 15 is 0 Å². The van der Waals surface area contributed by atoms with E-state index in [1.807, 2.05) is 18.5 Å². The highest BCUT2D eigenvalue weighted by Crippen LogP contribution is 2.19. The average Bonchev–Trinajstić information content (AvgIpc) is 2.98. The van der Waals surface area contributed by atoms with Crippen LogP contribution in [0.2, 0.25) is 0 Å². The molecule has 1 saturated heterocycles. The van der Waals surface area contributed by atoms with E-state index in [4.69, 9.17) is 4.74 Å². The second-order valence-electron chi connectivity index (χ2n) is 8.91. The standard InChI is InChI=1S/C23H38N4O4/c1-7-31-23(30)19-9-8-12-26(14-19)22(29)15-25(6)21(28)11-10-20-17(4)24-27(18(20)5)13-16(2)3/h16,19H,7-15H2,1-6H3.